The van der Waals surface area contributed by atoms with Crippen molar-refractivity contribution >= 4 is 0 Å². The molecule has 0 radical (unpaired) electrons. The van der Waals surface area contributed by atoms with E-state index < -0.39 is 0 Å². The van der Waals surface area contributed by atoms with E-state index in [-0.39, 0.29) is 0 Å². The first kappa shape index (κ1) is 12.9. The Labute approximate surface area is 123 Å². The van der Waals surface area contributed by atoms with Crippen molar-refractivity contribution in [3.8, 4) is 0 Å². The first-order chi connectivity index (χ1) is 9.79. The average molecular weight is 269 g/mol. The molecule has 0 aromatic heterocycles. The van der Waals surface area contributed by atoms with Crippen molar-refractivity contribution in [3.05, 3.63) is 35.9 Å². The Morgan fingerprint density at radius 3 is 2.05 bits per heavy atom. The minimum absolute atomic E-state index is 0.610. The predicted molar refractivity (Wildman–Crippen MR) is 83.7 cm³/mol. The van der Waals surface area contributed by atoms with Gasteiger partial charge in [0.2, 0.25) is 0 Å². The van der Waals surface area contributed by atoms with E-state index in [1.165, 1.54) is 19.3 Å². The number of likely N-dealkylation sites (N-methyl/N-ethyl adjacent to an activating group) is 1. The maximum absolute atomic E-state index is 3.49. The molecule has 1 unspecified atom stereocenters. The topological polar surface area (TPSA) is 12.0 Å². The van der Waals surface area contributed by atoms with E-state index >= 15 is 0 Å². The molecule has 1 aromatic carbocycles. The summed E-state index contributed by atoms with van der Waals surface area (Å²) in [5.74, 6) is 3.86. The normalized spacial score (nSPS) is 40.0. The van der Waals surface area contributed by atoms with Crippen LogP contribution in [0.1, 0.15) is 50.0 Å². The molecule has 1 aromatic rings. The van der Waals surface area contributed by atoms with Gasteiger partial charge in [-0.15, -0.1) is 0 Å². The number of hydrogen-bond donors (Lipinski definition) is 1. The van der Waals surface area contributed by atoms with Crippen molar-refractivity contribution in [1.29, 1.82) is 0 Å². The van der Waals surface area contributed by atoms with Crippen LogP contribution in [0.3, 0.4) is 0 Å². The van der Waals surface area contributed by atoms with Gasteiger partial charge in [0.1, 0.15) is 0 Å². The van der Waals surface area contributed by atoms with Crippen molar-refractivity contribution in [2.45, 2.75) is 44.4 Å². The zero-order valence-electron chi connectivity index (χ0n) is 12.6. The summed E-state index contributed by atoms with van der Waals surface area (Å²) in [7, 11) is 2.12. The lowest BCUT2D eigenvalue weighted by molar-refractivity contribution is -0.0681. The molecule has 4 saturated carbocycles. The van der Waals surface area contributed by atoms with E-state index in [2.05, 4.69) is 42.7 Å². The molecule has 4 aliphatic rings. The summed E-state index contributed by atoms with van der Waals surface area (Å²) < 4.78 is 0. The number of nitrogens with one attached hydrogen (secondary N) is 1. The Hall–Kier alpha value is -0.820. The van der Waals surface area contributed by atoms with Gasteiger partial charge in [-0.05, 0) is 74.3 Å². The Morgan fingerprint density at radius 2 is 1.55 bits per heavy atom. The fourth-order valence-electron chi connectivity index (χ4n) is 6.18. The molecule has 0 saturated heterocycles. The van der Waals surface area contributed by atoms with Crippen LogP contribution in [0.2, 0.25) is 0 Å². The SMILES string of the molecule is CNCC(c1ccccc1)C12CC3CC(CC(C3)C1)C2. The van der Waals surface area contributed by atoms with Crippen LogP contribution >= 0.6 is 0 Å². The zero-order chi connectivity index (χ0) is 13.6. The third kappa shape index (κ3) is 2.02. The largest absolute Gasteiger partial charge is 0.319 e. The summed E-state index contributed by atoms with van der Waals surface area (Å²) in [6.45, 7) is 1.15. The highest BCUT2D eigenvalue weighted by Gasteiger charge is 2.54. The van der Waals surface area contributed by atoms with Crippen LogP contribution in [0.15, 0.2) is 30.3 Å². The molecule has 1 N–H and O–H groups in total. The molecule has 0 amide bonds. The molecular formula is C19H27N. The standard InChI is InChI=1S/C19H27N/c1-20-13-18(17-5-3-2-4-6-17)19-10-14-7-15(11-19)9-16(8-14)12-19/h2-6,14-16,18,20H,7-13H2,1H3. The zero-order valence-corrected chi connectivity index (χ0v) is 12.6. The molecular weight excluding hydrogens is 242 g/mol. The van der Waals surface area contributed by atoms with Crippen molar-refractivity contribution in [1.82, 2.24) is 5.32 Å². The first-order valence-electron chi connectivity index (χ1n) is 8.48. The molecule has 4 aliphatic carbocycles. The summed E-state index contributed by atoms with van der Waals surface area (Å²) in [5.41, 5.74) is 2.18. The minimum Gasteiger partial charge on any atom is -0.319 e. The monoisotopic (exact) mass is 269 g/mol. The van der Waals surface area contributed by atoms with E-state index in [0.717, 1.165) is 30.2 Å². The number of rotatable bonds is 4. The van der Waals surface area contributed by atoms with E-state index in [9.17, 15) is 0 Å². The van der Waals surface area contributed by atoms with Crippen LogP contribution < -0.4 is 5.32 Å². The summed E-state index contributed by atoms with van der Waals surface area (Å²) in [5, 5.41) is 3.49. The van der Waals surface area contributed by atoms with Crippen molar-refractivity contribution in [2.75, 3.05) is 13.6 Å². The average Bonchev–Trinajstić information content (AvgIpc) is 2.44. The summed E-state index contributed by atoms with van der Waals surface area (Å²) in [4.78, 5) is 0. The Bertz CT molecular complexity index is 429. The van der Waals surface area contributed by atoms with Crippen LogP contribution in [0, 0.1) is 23.2 Å². The van der Waals surface area contributed by atoms with Gasteiger partial charge in [0.25, 0.3) is 0 Å². The lowest BCUT2D eigenvalue weighted by Crippen LogP contribution is -2.50. The fraction of sp³-hybridized carbons (Fsp3) is 0.684. The molecule has 4 bridgehead atoms. The molecule has 1 atom stereocenters. The number of benzene rings is 1. The van der Waals surface area contributed by atoms with Gasteiger partial charge in [-0.25, -0.2) is 0 Å². The molecule has 0 heterocycles. The molecule has 0 spiro atoms. The van der Waals surface area contributed by atoms with Crippen LogP contribution in [0.5, 0.6) is 0 Å². The van der Waals surface area contributed by atoms with Crippen molar-refractivity contribution < 1.29 is 0 Å². The van der Waals surface area contributed by atoms with Gasteiger partial charge in [-0.2, -0.15) is 0 Å². The third-order valence-corrected chi connectivity index (χ3v) is 6.43. The second-order valence-electron chi connectivity index (χ2n) is 7.80. The molecule has 1 heteroatoms. The summed E-state index contributed by atoms with van der Waals surface area (Å²) in [6, 6.07) is 11.3. The molecule has 20 heavy (non-hydrogen) atoms. The Morgan fingerprint density at radius 1 is 1.00 bits per heavy atom. The van der Waals surface area contributed by atoms with E-state index in [4.69, 9.17) is 0 Å². The predicted octanol–water partition coefficient (Wildman–Crippen LogP) is 4.21. The molecule has 5 rings (SSSR count). The fourth-order valence-corrected chi connectivity index (χ4v) is 6.18. The van der Waals surface area contributed by atoms with Crippen LogP contribution in [-0.2, 0) is 0 Å². The molecule has 0 aliphatic heterocycles. The smallest absolute Gasteiger partial charge is 0.00225 e. The van der Waals surface area contributed by atoms with Gasteiger partial charge >= 0.3 is 0 Å². The van der Waals surface area contributed by atoms with Crippen LogP contribution in [-0.4, -0.2) is 13.6 Å². The summed E-state index contributed by atoms with van der Waals surface area (Å²) in [6.07, 6.45) is 9.13. The molecule has 108 valence electrons. The van der Waals surface area contributed by atoms with E-state index in [1.807, 2.05) is 0 Å². The van der Waals surface area contributed by atoms with Gasteiger partial charge in [-0.3, -0.25) is 0 Å². The molecule has 4 fully saturated rings. The second kappa shape index (κ2) is 4.87. The maximum Gasteiger partial charge on any atom is 0.00225 e. The third-order valence-electron chi connectivity index (χ3n) is 6.43. The Balaban J connectivity index is 1.69. The molecule has 1 nitrogen and oxygen atoms in total. The highest BCUT2D eigenvalue weighted by Crippen LogP contribution is 2.64. The lowest BCUT2D eigenvalue weighted by atomic mass is 9.46. The van der Waals surface area contributed by atoms with Crippen LogP contribution in [0.4, 0.5) is 0 Å². The van der Waals surface area contributed by atoms with Crippen LogP contribution in [0.25, 0.3) is 0 Å². The van der Waals surface area contributed by atoms with E-state index in [0.29, 0.717) is 5.41 Å². The minimum atomic E-state index is 0.610. The maximum atomic E-state index is 3.49. The van der Waals surface area contributed by atoms with Gasteiger partial charge in [0.05, 0.1) is 0 Å². The summed E-state index contributed by atoms with van der Waals surface area (Å²) >= 11 is 0. The van der Waals surface area contributed by atoms with Gasteiger partial charge < -0.3 is 5.32 Å². The van der Waals surface area contributed by atoms with Crippen molar-refractivity contribution in [2.24, 2.45) is 23.2 Å². The highest BCUT2D eigenvalue weighted by atomic mass is 14.8. The van der Waals surface area contributed by atoms with Gasteiger partial charge in [0.15, 0.2) is 0 Å². The first-order valence-corrected chi connectivity index (χ1v) is 8.48. The highest BCUT2D eigenvalue weighted by molar-refractivity contribution is 5.25. The number of hydrogen-bond acceptors (Lipinski definition) is 1. The van der Waals surface area contributed by atoms with Gasteiger partial charge in [0, 0.05) is 12.5 Å². The second-order valence-corrected chi connectivity index (χ2v) is 7.80. The lowest BCUT2D eigenvalue weighted by Gasteiger charge is -2.59. The quantitative estimate of drug-likeness (QED) is 0.863. The van der Waals surface area contributed by atoms with E-state index in [1.54, 1.807) is 24.8 Å². The van der Waals surface area contributed by atoms with Crippen molar-refractivity contribution in [3.63, 3.8) is 0 Å². The Kier molecular flexibility index (Phi) is 3.14. The van der Waals surface area contributed by atoms with Gasteiger partial charge in [-0.1, -0.05) is 30.3 Å².